The van der Waals surface area contributed by atoms with Gasteiger partial charge in [0, 0.05) is 18.0 Å². The van der Waals surface area contributed by atoms with E-state index in [0.29, 0.717) is 13.1 Å². The van der Waals surface area contributed by atoms with Gasteiger partial charge in [-0.25, -0.2) is 19.6 Å². The van der Waals surface area contributed by atoms with Gasteiger partial charge in [0.1, 0.15) is 22.9 Å². The van der Waals surface area contributed by atoms with Crippen molar-refractivity contribution in [1.29, 1.82) is 0 Å². The van der Waals surface area contributed by atoms with Crippen LogP contribution in [0.25, 0.3) is 33.8 Å². The predicted molar refractivity (Wildman–Crippen MR) is 204 cm³/mol. The van der Waals surface area contributed by atoms with E-state index in [9.17, 15) is 9.59 Å². The van der Waals surface area contributed by atoms with E-state index in [1.165, 1.54) is 0 Å². The van der Waals surface area contributed by atoms with Crippen LogP contribution in [0.15, 0.2) is 36.5 Å². The Hall–Kier alpha value is -3.42. The van der Waals surface area contributed by atoms with Crippen LogP contribution in [-0.4, -0.2) is 66.2 Å². The summed E-state index contributed by atoms with van der Waals surface area (Å²) in [5, 5.41) is 0. The number of thiophene rings is 1. The lowest BCUT2D eigenvalue weighted by Crippen LogP contribution is -2.36. The molecule has 13 heteroatoms. The van der Waals surface area contributed by atoms with E-state index in [-0.39, 0.29) is 58.7 Å². The van der Waals surface area contributed by atoms with Crippen LogP contribution in [-0.2, 0) is 9.47 Å². The Morgan fingerprint density at radius 1 is 0.854 bits per heavy atom. The molecule has 2 atom stereocenters. The van der Waals surface area contributed by atoms with Gasteiger partial charge < -0.3 is 19.4 Å². The molecule has 0 aliphatic carbocycles. The van der Waals surface area contributed by atoms with Crippen LogP contribution in [0.4, 0.5) is 9.59 Å². The minimum atomic E-state index is -0.537. The maximum atomic E-state index is 12.8. The van der Waals surface area contributed by atoms with Crippen molar-refractivity contribution in [3.8, 4) is 10.6 Å². The maximum Gasteiger partial charge on any atom is 0.410 e. The minimum absolute atomic E-state index is 0. The number of fused-ring (bicyclic) bond motifs is 1. The van der Waals surface area contributed by atoms with Gasteiger partial charge in [-0.15, -0.1) is 11.3 Å². The van der Waals surface area contributed by atoms with Crippen molar-refractivity contribution in [1.82, 2.24) is 29.7 Å². The summed E-state index contributed by atoms with van der Waals surface area (Å²) in [5.41, 5.74) is 2.73. The number of hydrogen-bond donors (Lipinski definition) is 2. The number of carbonyl (C=O) groups is 2. The Morgan fingerprint density at radius 3 is 2.06 bits per heavy atom. The molecule has 0 radical (unpaired) electrons. The van der Waals surface area contributed by atoms with Crippen LogP contribution < -0.4 is 0 Å². The van der Waals surface area contributed by atoms with Gasteiger partial charge in [-0.1, -0.05) is 19.6 Å². The van der Waals surface area contributed by atoms with E-state index in [1.54, 1.807) is 21.1 Å². The number of nitrogens with zero attached hydrogens (tertiary/aromatic N) is 4. The number of hydrogen-bond acceptors (Lipinski definition) is 7. The Labute approximate surface area is 301 Å². The Morgan fingerprint density at radius 2 is 1.46 bits per heavy atom. The van der Waals surface area contributed by atoms with Gasteiger partial charge in [0.15, 0.2) is 0 Å². The quantitative estimate of drug-likeness (QED) is 0.213. The summed E-state index contributed by atoms with van der Waals surface area (Å²) >= 11 is 1.67. The van der Waals surface area contributed by atoms with Gasteiger partial charge in [-0.2, -0.15) is 27.0 Å². The molecule has 2 N–H and O–H groups in total. The number of carbonyl (C=O) groups excluding carboxylic acids is 2. The molecule has 2 fully saturated rings. The highest BCUT2D eigenvalue weighted by atomic mass is 32.1. The van der Waals surface area contributed by atoms with E-state index in [0.717, 1.165) is 69.4 Å². The number of rotatable bonds is 5. The second kappa shape index (κ2) is 15.4. The van der Waals surface area contributed by atoms with E-state index >= 15 is 0 Å². The third-order valence-electron chi connectivity index (χ3n) is 7.84. The van der Waals surface area contributed by atoms with Crippen LogP contribution in [0, 0.1) is 0 Å². The third-order valence-corrected chi connectivity index (χ3v) is 8.93. The molecule has 3 aromatic heterocycles. The van der Waals surface area contributed by atoms with Crippen LogP contribution in [0.5, 0.6) is 0 Å². The topological polar surface area (TPSA) is 116 Å². The molecule has 0 bridgehead atoms. The van der Waals surface area contributed by atoms with E-state index < -0.39 is 11.2 Å². The summed E-state index contributed by atoms with van der Waals surface area (Å²) in [6.07, 6.45) is 9.00. The lowest BCUT2D eigenvalue weighted by atomic mass is 10.2. The molecule has 6 rings (SSSR count). The summed E-state index contributed by atoms with van der Waals surface area (Å²) in [4.78, 5) is 47.7. The largest absolute Gasteiger partial charge is 0.444 e. The predicted octanol–water partition coefficient (Wildman–Crippen LogP) is 9.19. The molecule has 262 valence electrons. The molecule has 4 aromatic rings. The highest BCUT2D eigenvalue weighted by Gasteiger charge is 2.36. The van der Waals surface area contributed by atoms with Crippen LogP contribution in [0.2, 0.25) is 0 Å². The number of aromatic nitrogens is 4. The first-order chi connectivity index (χ1) is 21.3. The highest BCUT2D eigenvalue weighted by molar-refractivity contribution is 7.59. The van der Waals surface area contributed by atoms with Gasteiger partial charge in [0.25, 0.3) is 0 Å². The molecule has 0 unspecified atom stereocenters. The van der Waals surface area contributed by atoms with Crippen molar-refractivity contribution in [3.05, 3.63) is 58.6 Å². The molecule has 5 heterocycles. The fourth-order valence-electron chi connectivity index (χ4n) is 5.89. The summed E-state index contributed by atoms with van der Waals surface area (Å²) in [6, 6.07) is 10.1. The fourth-order valence-corrected chi connectivity index (χ4v) is 6.76. The summed E-state index contributed by atoms with van der Waals surface area (Å²) < 4.78 is 11.3. The lowest BCUT2D eigenvalue weighted by molar-refractivity contribution is 0.0208. The van der Waals surface area contributed by atoms with E-state index in [4.69, 9.17) is 14.5 Å². The fraction of sp³-hybridized carbons (Fsp3) is 0.486. The van der Waals surface area contributed by atoms with Crippen LogP contribution >= 0.6 is 38.3 Å². The maximum absolute atomic E-state index is 12.8. The minimum Gasteiger partial charge on any atom is -0.444 e. The first-order valence-electron chi connectivity index (χ1n) is 15.7. The number of likely N-dealkylation sites (tertiary alicyclic amines) is 2. The molecule has 2 aliphatic heterocycles. The molecular formula is C35H50N6O4S3. The van der Waals surface area contributed by atoms with Crippen molar-refractivity contribution in [3.63, 3.8) is 0 Å². The van der Waals surface area contributed by atoms with Gasteiger partial charge in [0.05, 0.1) is 39.9 Å². The monoisotopic (exact) mass is 714 g/mol. The Kier molecular flexibility index (Phi) is 12.5. The van der Waals surface area contributed by atoms with Crippen molar-refractivity contribution in [2.45, 2.75) is 97.9 Å². The number of imidazole rings is 2. The third kappa shape index (κ3) is 8.97. The van der Waals surface area contributed by atoms with Crippen molar-refractivity contribution in [2.24, 2.45) is 0 Å². The molecule has 1 aromatic carbocycles. The van der Waals surface area contributed by atoms with Gasteiger partial charge in [-0.05, 0) is 103 Å². The SMILES string of the molecule is C.CC(C)(C)OC(=O)N1CCC[C@H]1c1ncc(-c2ccc(/C=C/c3ccc4nc([C@@H]5CCCN5C(=O)OC(C)(C)C)[nH]c4c3)s2)[nH]1.S.S. The standard InChI is InChI=1S/C34H42N6O4S.CH4.2H2S/c1-33(2,3)43-31(41)39-17-7-9-26(39)29-35-20-25(38-29)28-16-14-22(45-28)13-11-21-12-15-23-24(19-21)37-30(36-23)27-10-8-18-40(27)32(42)44-34(4,5)6;;;/h11-16,19-20,26-27H,7-10,17-18H2,1-6H3,(H,35,38)(H,36,37);1H4;2*1H2/b13-11+;;;/t26-,27-;;;/m0.../s1. The number of amides is 2. The number of H-pyrrole nitrogens is 2. The average molecular weight is 715 g/mol. The van der Waals surface area contributed by atoms with Crippen LogP contribution in [0.3, 0.4) is 0 Å². The lowest BCUT2D eigenvalue weighted by Gasteiger charge is -2.27. The number of ether oxygens (including phenoxy) is 2. The number of aromatic amines is 2. The first-order valence-corrected chi connectivity index (χ1v) is 16.5. The molecule has 2 amide bonds. The van der Waals surface area contributed by atoms with Gasteiger partial charge >= 0.3 is 12.2 Å². The smallest absolute Gasteiger partial charge is 0.410 e. The zero-order valence-electron chi connectivity index (χ0n) is 27.8. The van der Waals surface area contributed by atoms with E-state index in [1.807, 2.05) is 53.8 Å². The number of benzene rings is 1. The molecule has 0 spiro atoms. The van der Waals surface area contributed by atoms with Gasteiger partial charge in [-0.3, -0.25) is 9.80 Å². The highest BCUT2D eigenvalue weighted by Crippen LogP contribution is 2.35. The van der Waals surface area contributed by atoms with Crippen molar-refractivity contribution < 1.29 is 19.1 Å². The van der Waals surface area contributed by atoms with Crippen molar-refractivity contribution in [2.75, 3.05) is 13.1 Å². The Bertz CT molecular complexity index is 1730. The molecular weight excluding hydrogens is 665 g/mol. The second-order valence-corrected chi connectivity index (χ2v) is 14.9. The molecule has 0 saturated carbocycles. The molecule has 48 heavy (non-hydrogen) atoms. The Balaban J connectivity index is 0.00000208. The molecule has 10 nitrogen and oxygen atoms in total. The molecule has 2 saturated heterocycles. The van der Waals surface area contributed by atoms with Crippen LogP contribution in [0.1, 0.15) is 109 Å². The molecule has 2 aliphatic rings. The zero-order valence-corrected chi connectivity index (χ0v) is 30.7. The van der Waals surface area contributed by atoms with E-state index in [2.05, 4.69) is 51.4 Å². The summed E-state index contributed by atoms with van der Waals surface area (Å²) in [5.74, 6) is 1.58. The van der Waals surface area contributed by atoms with Gasteiger partial charge in [0.2, 0.25) is 0 Å². The first kappa shape index (κ1) is 39.0. The van der Waals surface area contributed by atoms with Crippen molar-refractivity contribution >= 4 is 73.7 Å². The zero-order chi connectivity index (χ0) is 31.9. The number of nitrogens with one attached hydrogen (secondary N) is 2. The summed E-state index contributed by atoms with van der Waals surface area (Å²) in [7, 11) is 0. The summed E-state index contributed by atoms with van der Waals surface area (Å²) in [6.45, 7) is 12.6. The normalized spacial score (nSPS) is 18.0. The second-order valence-electron chi connectivity index (χ2n) is 13.8. The average Bonchev–Trinajstić information content (AvgIpc) is 3.78.